The van der Waals surface area contributed by atoms with Gasteiger partial charge in [-0.3, -0.25) is 9.59 Å². The van der Waals surface area contributed by atoms with Gasteiger partial charge < -0.3 is 10.6 Å². The molecule has 1 unspecified atom stereocenters. The maximum atomic E-state index is 12.3. The highest BCUT2D eigenvalue weighted by Gasteiger charge is 2.27. The van der Waals surface area contributed by atoms with Gasteiger partial charge in [-0.1, -0.05) is 23.7 Å². The minimum absolute atomic E-state index is 0.134. The molecule has 1 saturated heterocycles. The molecule has 2 N–H and O–H groups in total. The Hall–Kier alpha value is -1.92. The van der Waals surface area contributed by atoms with Crippen molar-refractivity contribution in [3.8, 4) is 10.6 Å². The molecular weight excluding hydrogens is 322 g/mol. The Morgan fingerprint density at radius 1 is 1.50 bits per heavy atom. The second-order valence-electron chi connectivity index (χ2n) is 5.05. The third-order valence-corrected chi connectivity index (χ3v) is 4.87. The molecule has 2 aromatic rings. The van der Waals surface area contributed by atoms with Crippen molar-refractivity contribution < 1.29 is 9.59 Å². The molecule has 5 nitrogen and oxygen atoms in total. The maximum Gasteiger partial charge on any atom is 0.263 e. The molecule has 3 rings (SSSR count). The van der Waals surface area contributed by atoms with Crippen molar-refractivity contribution in [1.29, 1.82) is 0 Å². The van der Waals surface area contributed by atoms with E-state index in [0.717, 1.165) is 10.6 Å². The van der Waals surface area contributed by atoms with Crippen molar-refractivity contribution in [3.63, 3.8) is 0 Å². The summed E-state index contributed by atoms with van der Waals surface area (Å²) in [6.45, 7) is 2.38. The average molecular weight is 336 g/mol. The van der Waals surface area contributed by atoms with Crippen LogP contribution in [0.5, 0.6) is 0 Å². The van der Waals surface area contributed by atoms with Gasteiger partial charge in [-0.25, -0.2) is 4.98 Å². The number of carbonyl (C=O) groups is 2. The van der Waals surface area contributed by atoms with Crippen LogP contribution in [-0.2, 0) is 4.79 Å². The van der Waals surface area contributed by atoms with Crippen LogP contribution in [0.25, 0.3) is 10.6 Å². The van der Waals surface area contributed by atoms with E-state index in [4.69, 9.17) is 11.6 Å². The average Bonchev–Trinajstić information content (AvgIpc) is 3.06. The highest BCUT2D eigenvalue weighted by atomic mass is 35.5. The first-order chi connectivity index (χ1) is 10.5. The molecule has 0 bridgehead atoms. The molecule has 0 aliphatic carbocycles. The van der Waals surface area contributed by atoms with E-state index in [0.29, 0.717) is 28.6 Å². The van der Waals surface area contributed by atoms with Crippen LogP contribution in [0.3, 0.4) is 0 Å². The molecular formula is C15H14ClN3O2S. The van der Waals surface area contributed by atoms with E-state index in [1.54, 1.807) is 13.0 Å². The molecule has 114 valence electrons. The number of hydrogen-bond donors (Lipinski definition) is 2. The molecule has 7 heteroatoms. The molecule has 0 radical (unpaired) electrons. The Morgan fingerprint density at radius 3 is 3.00 bits per heavy atom. The Morgan fingerprint density at radius 2 is 2.32 bits per heavy atom. The van der Waals surface area contributed by atoms with Crippen molar-refractivity contribution in [2.24, 2.45) is 0 Å². The predicted octanol–water partition coefficient (Wildman–Crippen LogP) is 2.39. The highest BCUT2D eigenvalue weighted by Crippen LogP contribution is 2.29. The van der Waals surface area contributed by atoms with E-state index >= 15 is 0 Å². The number of nitrogens with zero attached hydrogens (tertiary/aromatic N) is 1. The number of carbonyl (C=O) groups excluding carboxylic acids is 2. The molecule has 2 heterocycles. The Labute approximate surface area is 136 Å². The van der Waals surface area contributed by atoms with E-state index in [1.165, 1.54) is 11.3 Å². The Bertz CT molecular complexity index is 744. The van der Waals surface area contributed by atoms with Gasteiger partial charge in [0.25, 0.3) is 5.91 Å². The highest BCUT2D eigenvalue weighted by molar-refractivity contribution is 7.17. The summed E-state index contributed by atoms with van der Waals surface area (Å²) in [7, 11) is 0. The smallest absolute Gasteiger partial charge is 0.263 e. The lowest BCUT2D eigenvalue weighted by Crippen LogP contribution is -2.40. The van der Waals surface area contributed by atoms with Crippen LogP contribution in [0.1, 0.15) is 21.8 Å². The lowest BCUT2D eigenvalue weighted by Gasteiger charge is -2.08. The number of hydrogen-bond acceptors (Lipinski definition) is 4. The summed E-state index contributed by atoms with van der Waals surface area (Å²) in [5.74, 6) is -0.393. The molecule has 0 saturated carbocycles. The van der Waals surface area contributed by atoms with Crippen LogP contribution in [0.4, 0.5) is 0 Å². The van der Waals surface area contributed by atoms with Gasteiger partial charge in [0.05, 0.1) is 5.69 Å². The largest absolute Gasteiger partial charge is 0.354 e. The third kappa shape index (κ3) is 2.98. The van der Waals surface area contributed by atoms with Crippen LogP contribution >= 0.6 is 22.9 Å². The van der Waals surface area contributed by atoms with E-state index in [2.05, 4.69) is 15.6 Å². The van der Waals surface area contributed by atoms with Crippen LogP contribution in [0, 0.1) is 6.92 Å². The number of benzene rings is 1. The van der Waals surface area contributed by atoms with E-state index in [9.17, 15) is 9.59 Å². The fraction of sp³-hybridized carbons (Fsp3) is 0.267. The number of aryl methyl sites for hydroxylation is 1. The van der Waals surface area contributed by atoms with Gasteiger partial charge in [0.2, 0.25) is 5.91 Å². The summed E-state index contributed by atoms with van der Waals surface area (Å²) in [5, 5.41) is 6.81. The van der Waals surface area contributed by atoms with Gasteiger partial charge >= 0.3 is 0 Å². The second kappa shape index (κ2) is 6.06. The number of halogens is 1. The zero-order valence-corrected chi connectivity index (χ0v) is 13.4. The topological polar surface area (TPSA) is 71.1 Å². The van der Waals surface area contributed by atoms with Crippen molar-refractivity contribution >= 4 is 34.8 Å². The summed E-state index contributed by atoms with van der Waals surface area (Å²) in [6.07, 6.45) is 0.615. The van der Waals surface area contributed by atoms with Crippen LogP contribution in [0.15, 0.2) is 24.3 Å². The van der Waals surface area contributed by atoms with Gasteiger partial charge in [-0.05, 0) is 25.5 Å². The molecule has 1 aromatic carbocycles. The fourth-order valence-corrected chi connectivity index (χ4v) is 3.46. The lowest BCUT2D eigenvalue weighted by atomic mass is 10.2. The summed E-state index contributed by atoms with van der Waals surface area (Å²) in [5.41, 5.74) is 1.52. The molecule has 22 heavy (non-hydrogen) atoms. The maximum absolute atomic E-state index is 12.3. The van der Waals surface area contributed by atoms with E-state index < -0.39 is 6.04 Å². The number of amides is 2. The molecule has 1 aliphatic heterocycles. The molecule has 1 aliphatic rings. The zero-order chi connectivity index (χ0) is 15.7. The lowest BCUT2D eigenvalue weighted by molar-refractivity contribution is -0.120. The van der Waals surface area contributed by atoms with Gasteiger partial charge in [-0.2, -0.15) is 0 Å². The normalized spacial score (nSPS) is 17.4. The third-order valence-electron chi connectivity index (χ3n) is 3.43. The Kier molecular flexibility index (Phi) is 4.13. The standard InChI is InChI=1S/C15H14ClN3O2S/c1-8-12(14(21)19-11-5-6-17-13(11)20)22-15(18-8)9-3-2-4-10(16)7-9/h2-4,7,11H,5-6H2,1H3,(H,17,20)(H,19,21). The van der Waals surface area contributed by atoms with Crippen LogP contribution in [0.2, 0.25) is 5.02 Å². The van der Waals surface area contributed by atoms with Crippen molar-refractivity contribution in [2.45, 2.75) is 19.4 Å². The molecule has 0 spiro atoms. The van der Waals surface area contributed by atoms with Crippen molar-refractivity contribution in [1.82, 2.24) is 15.6 Å². The molecule has 2 amide bonds. The minimum Gasteiger partial charge on any atom is -0.354 e. The quantitative estimate of drug-likeness (QED) is 0.904. The summed E-state index contributed by atoms with van der Waals surface area (Å²) in [4.78, 5) is 28.8. The van der Waals surface area contributed by atoms with Crippen molar-refractivity contribution in [2.75, 3.05) is 6.54 Å². The number of nitrogens with one attached hydrogen (secondary N) is 2. The molecule has 1 fully saturated rings. The summed E-state index contributed by atoms with van der Waals surface area (Å²) >= 11 is 7.29. The predicted molar refractivity (Wildman–Crippen MR) is 86.2 cm³/mol. The second-order valence-corrected chi connectivity index (χ2v) is 6.49. The molecule has 1 atom stereocenters. The first-order valence-electron chi connectivity index (χ1n) is 6.86. The Balaban J connectivity index is 1.83. The monoisotopic (exact) mass is 335 g/mol. The van der Waals surface area contributed by atoms with Gasteiger partial charge in [-0.15, -0.1) is 11.3 Å². The van der Waals surface area contributed by atoms with E-state index in [-0.39, 0.29) is 11.8 Å². The number of thiazole rings is 1. The van der Waals surface area contributed by atoms with Gasteiger partial charge in [0.15, 0.2) is 0 Å². The first-order valence-corrected chi connectivity index (χ1v) is 8.06. The van der Waals surface area contributed by atoms with Gasteiger partial charge in [0, 0.05) is 17.1 Å². The van der Waals surface area contributed by atoms with Crippen molar-refractivity contribution in [3.05, 3.63) is 39.9 Å². The fourth-order valence-electron chi connectivity index (χ4n) is 2.31. The minimum atomic E-state index is -0.455. The number of rotatable bonds is 3. The first kappa shape index (κ1) is 15.0. The summed E-state index contributed by atoms with van der Waals surface area (Å²) < 4.78 is 0. The molecule has 1 aromatic heterocycles. The van der Waals surface area contributed by atoms with Crippen LogP contribution in [-0.4, -0.2) is 29.4 Å². The van der Waals surface area contributed by atoms with Gasteiger partial charge in [0.1, 0.15) is 15.9 Å². The zero-order valence-electron chi connectivity index (χ0n) is 11.9. The van der Waals surface area contributed by atoms with Crippen LogP contribution < -0.4 is 10.6 Å². The van der Waals surface area contributed by atoms with E-state index in [1.807, 2.05) is 18.2 Å². The summed E-state index contributed by atoms with van der Waals surface area (Å²) in [6, 6.07) is 6.89. The SMILES string of the molecule is Cc1nc(-c2cccc(Cl)c2)sc1C(=O)NC1CCNC1=O. The number of aromatic nitrogens is 1.